The van der Waals surface area contributed by atoms with Crippen molar-refractivity contribution in [2.24, 2.45) is 0 Å². The van der Waals surface area contributed by atoms with Gasteiger partial charge in [0.15, 0.2) is 6.10 Å². The number of halogens is 1. The Morgan fingerprint density at radius 1 is 1.03 bits per heavy atom. The number of anilines is 1. The maximum atomic E-state index is 12.5. The highest BCUT2D eigenvalue weighted by molar-refractivity contribution is 6.29. The average Bonchev–Trinajstić information content (AvgIpc) is 2.74. The minimum absolute atomic E-state index is 0.176. The highest BCUT2D eigenvalue weighted by Gasteiger charge is 2.22. The van der Waals surface area contributed by atoms with Crippen LogP contribution in [0.3, 0.4) is 0 Å². The Morgan fingerprint density at radius 2 is 1.72 bits per heavy atom. The van der Waals surface area contributed by atoms with Crippen LogP contribution in [0.1, 0.15) is 23.7 Å². The number of nitrogens with zero attached hydrogens (tertiary/aromatic N) is 1. The molecule has 1 unspecified atom stereocenters. The second kappa shape index (κ2) is 9.71. The fourth-order valence-corrected chi connectivity index (χ4v) is 2.68. The number of amides is 1. The molecule has 1 amide bonds. The Labute approximate surface area is 173 Å². The summed E-state index contributed by atoms with van der Waals surface area (Å²) in [7, 11) is 0. The van der Waals surface area contributed by atoms with E-state index in [9.17, 15) is 9.59 Å². The van der Waals surface area contributed by atoms with Crippen molar-refractivity contribution in [2.45, 2.75) is 19.4 Å². The van der Waals surface area contributed by atoms with Crippen LogP contribution in [0.4, 0.5) is 5.69 Å². The number of benzene rings is 2. The number of carbonyl (C=O) groups is 2. The lowest BCUT2D eigenvalue weighted by Crippen LogP contribution is -2.32. The molecular weight excluding hydrogens is 392 g/mol. The lowest BCUT2D eigenvalue weighted by Gasteiger charge is -2.16. The monoisotopic (exact) mass is 410 g/mol. The van der Waals surface area contributed by atoms with Crippen LogP contribution >= 0.6 is 11.6 Å². The van der Waals surface area contributed by atoms with Gasteiger partial charge in [-0.2, -0.15) is 0 Å². The minimum Gasteiger partial charge on any atom is -0.457 e. The van der Waals surface area contributed by atoms with Crippen LogP contribution < -0.4 is 10.1 Å². The number of ether oxygens (including phenoxy) is 2. The predicted molar refractivity (Wildman–Crippen MR) is 110 cm³/mol. The summed E-state index contributed by atoms with van der Waals surface area (Å²) in [6.45, 7) is 1.76. The van der Waals surface area contributed by atoms with E-state index >= 15 is 0 Å². The largest absolute Gasteiger partial charge is 0.457 e. The summed E-state index contributed by atoms with van der Waals surface area (Å²) in [6, 6.07) is 19.2. The molecule has 0 aliphatic rings. The van der Waals surface area contributed by atoms with Gasteiger partial charge in [-0.05, 0) is 55.0 Å². The second-order valence-corrected chi connectivity index (χ2v) is 6.49. The molecule has 0 aliphatic carbocycles. The van der Waals surface area contributed by atoms with Gasteiger partial charge in [0.25, 0.3) is 5.91 Å². The number of esters is 1. The van der Waals surface area contributed by atoms with E-state index in [0.29, 0.717) is 17.9 Å². The fraction of sp³-hybridized carbons (Fsp3) is 0.136. The standard InChI is InChI=1S/C22H19ClN2O4/c1-2-19(29-22(27)15-12-13-24-20(23)14-15)21(26)25-16-8-10-18(11-9-16)28-17-6-4-3-5-7-17/h3-14,19H,2H2,1H3,(H,25,26). The van der Waals surface area contributed by atoms with E-state index < -0.39 is 18.0 Å². The minimum atomic E-state index is -0.935. The highest BCUT2D eigenvalue weighted by Crippen LogP contribution is 2.23. The van der Waals surface area contributed by atoms with Crippen LogP contribution in [-0.2, 0) is 9.53 Å². The van der Waals surface area contributed by atoms with E-state index in [4.69, 9.17) is 21.1 Å². The van der Waals surface area contributed by atoms with E-state index in [1.54, 1.807) is 31.2 Å². The Hall–Kier alpha value is -3.38. The van der Waals surface area contributed by atoms with E-state index in [1.165, 1.54) is 18.3 Å². The third kappa shape index (κ3) is 5.80. The van der Waals surface area contributed by atoms with E-state index in [0.717, 1.165) is 5.75 Å². The van der Waals surface area contributed by atoms with E-state index in [-0.39, 0.29) is 10.7 Å². The summed E-state index contributed by atoms with van der Waals surface area (Å²) in [5.41, 5.74) is 0.801. The summed E-state index contributed by atoms with van der Waals surface area (Å²) < 4.78 is 11.0. The van der Waals surface area contributed by atoms with Gasteiger partial charge in [-0.1, -0.05) is 36.7 Å². The molecule has 1 N–H and O–H groups in total. The first kappa shape index (κ1) is 20.4. The molecule has 0 radical (unpaired) electrons. The molecule has 0 fully saturated rings. The summed E-state index contributed by atoms with van der Waals surface area (Å²) in [5, 5.41) is 2.92. The van der Waals surface area contributed by atoms with E-state index in [2.05, 4.69) is 10.3 Å². The normalized spacial score (nSPS) is 11.4. The highest BCUT2D eigenvalue weighted by atomic mass is 35.5. The van der Waals surface area contributed by atoms with Crippen LogP contribution in [-0.4, -0.2) is 23.0 Å². The van der Waals surface area contributed by atoms with Crippen LogP contribution in [0, 0.1) is 0 Å². The first-order valence-corrected chi connectivity index (χ1v) is 9.39. The lowest BCUT2D eigenvalue weighted by atomic mass is 10.2. The number of nitrogens with one attached hydrogen (secondary N) is 1. The number of carbonyl (C=O) groups excluding carboxylic acids is 2. The summed E-state index contributed by atoms with van der Waals surface area (Å²) in [4.78, 5) is 28.5. The molecular formula is C22H19ClN2O4. The molecule has 1 heterocycles. The molecule has 1 aromatic heterocycles. The van der Waals surface area contributed by atoms with Crippen LogP contribution in [0.5, 0.6) is 11.5 Å². The van der Waals surface area contributed by atoms with Crippen molar-refractivity contribution < 1.29 is 19.1 Å². The molecule has 0 saturated carbocycles. The number of aromatic nitrogens is 1. The number of para-hydroxylation sites is 1. The van der Waals surface area contributed by atoms with Crippen LogP contribution in [0.15, 0.2) is 72.9 Å². The molecule has 3 aromatic rings. The fourth-order valence-electron chi connectivity index (χ4n) is 2.50. The molecule has 148 valence electrons. The number of hydrogen-bond donors (Lipinski definition) is 1. The first-order valence-electron chi connectivity index (χ1n) is 9.01. The first-order chi connectivity index (χ1) is 14.0. The third-order valence-corrected chi connectivity index (χ3v) is 4.18. The zero-order valence-electron chi connectivity index (χ0n) is 15.7. The molecule has 0 aliphatic heterocycles. The Morgan fingerprint density at radius 3 is 2.38 bits per heavy atom. The van der Waals surface area contributed by atoms with Crippen LogP contribution in [0.25, 0.3) is 0 Å². The molecule has 1 atom stereocenters. The molecule has 0 saturated heterocycles. The second-order valence-electron chi connectivity index (χ2n) is 6.10. The van der Waals surface area contributed by atoms with Crippen molar-refractivity contribution in [1.29, 1.82) is 0 Å². The van der Waals surface area contributed by atoms with Gasteiger partial charge in [-0.15, -0.1) is 0 Å². The Balaban J connectivity index is 1.59. The number of pyridine rings is 1. The van der Waals surface area contributed by atoms with Gasteiger partial charge in [-0.25, -0.2) is 9.78 Å². The van der Waals surface area contributed by atoms with Crippen LogP contribution in [0.2, 0.25) is 5.15 Å². The molecule has 29 heavy (non-hydrogen) atoms. The van der Waals surface area contributed by atoms with Crippen molar-refractivity contribution in [3.8, 4) is 11.5 Å². The Kier molecular flexibility index (Phi) is 6.81. The van der Waals surface area contributed by atoms with Crippen molar-refractivity contribution in [3.63, 3.8) is 0 Å². The molecule has 7 heteroatoms. The zero-order valence-corrected chi connectivity index (χ0v) is 16.4. The van der Waals surface area contributed by atoms with Gasteiger partial charge in [0.2, 0.25) is 0 Å². The summed E-state index contributed by atoms with van der Waals surface area (Å²) in [5.74, 6) is 0.307. The van der Waals surface area contributed by atoms with Gasteiger partial charge < -0.3 is 14.8 Å². The molecule has 0 bridgehead atoms. The van der Waals surface area contributed by atoms with Gasteiger partial charge in [0.05, 0.1) is 5.56 Å². The zero-order chi connectivity index (χ0) is 20.6. The smallest absolute Gasteiger partial charge is 0.339 e. The average molecular weight is 411 g/mol. The van der Waals surface area contributed by atoms with Crippen molar-refractivity contribution in [3.05, 3.63) is 83.6 Å². The quantitative estimate of drug-likeness (QED) is 0.433. The van der Waals surface area contributed by atoms with E-state index in [1.807, 2.05) is 30.3 Å². The molecule has 3 rings (SSSR count). The van der Waals surface area contributed by atoms with Crippen molar-refractivity contribution >= 4 is 29.2 Å². The van der Waals surface area contributed by atoms with Gasteiger partial charge in [-0.3, -0.25) is 4.79 Å². The topological polar surface area (TPSA) is 77.5 Å². The summed E-state index contributed by atoms with van der Waals surface area (Å²) in [6.07, 6.45) is 0.791. The summed E-state index contributed by atoms with van der Waals surface area (Å²) >= 11 is 5.78. The SMILES string of the molecule is CCC(OC(=O)c1ccnc(Cl)c1)C(=O)Nc1ccc(Oc2ccccc2)cc1. The predicted octanol–water partition coefficient (Wildman–Crippen LogP) is 5.10. The number of rotatable bonds is 7. The van der Waals surface area contributed by atoms with Crippen molar-refractivity contribution in [2.75, 3.05) is 5.32 Å². The number of hydrogen-bond acceptors (Lipinski definition) is 5. The third-order valence-electron chi connectivity index (χ3n) is 3.98. The maximum absolute atomic E-state index is 12.5. The molecule has 6 nitrogen and oxygen atoms in total. The van der Waals surface area contributed by atoms with Gasteiger partial charge >= 0.3 is 5.97 Å². The molecule has 0 spiro atoms. The maximum Gasteiger partial charge on any atom is 0.339 e. The molecule has 2 aromatic carbocycles. The van der Waals surface area contributed by atoms with Gasteiger partial charge in [0.1, 0.15) is 16.7 Å². The lowest BCUT2D eigenvalue weighted by molar-refractivity contribution is -0.124. The van der Waals surface area contributed by atoms with Gasteiger partial charge in [0, 0.05) is 11.9 Å². The van der Waals surface area contributed by atoms with Crippen molar-refractivity contribution in [1.82, 2.24) is 4.98 Å². The Bertz CT molecular complexity index is 978.